The van der Waals surface area contributed by atoms with Gasteiger partial charge in [-0.05, 0) is 0 Å². The molecule has 0 N–H and O–H groups in total. The van der Waals surface area contributed by atoms with Gasteiger partial charge in [0.05, 0.1) is 0 Å². The quantitative estimate of drug-likeness (QED) is 0.100. The van der Waals surface area contributed by atoms with E-state index in [9.17, 15) is 0 Å². The third-order valence-electron chi connectivity index (χ3n) is 13.6. The van der Waals surface area contributed by atoms with Crippen molar-refractivity contribution in [3.05, 3.63) is 273 Å². The van der Waals surface area contributed by atoms with Crippen LogP contribution in [-0.4, -0.2) is 6.88 Å². The molecule has 2 nitrogen and oxygen atoms in total. The Morgan fingerprint density at radius 2 is 0.750 bits per heavy atom. The number of anilines is 2. The number of fused-ring (bicyclic) bond motifs is 3. The van der Waals surface area contributed by atoms with Gasteiger partial charge in [0.1, 0.15) is 0 Å². The predicted molar refractivity (Wildman–Crippen MR) is 276 cm³/mol. The van der Waals surface area contributed by atoms with Crippen molar-refractivity contribution < 1.29 is 17.4 Å². The molecule has 0 amide bonds. The molecular formula is C58H54Cl2N2SiZr. The molecule has 8 aromatic rings. The molecule has 0 bridgehead atoms. The maximum absolute atomic E-state index is 4.77. The van der Waals surface area contributed by atoms with Gasteiger partial charge in [-0.2, -0.15) is 0 Å². The zero-order valence-electron chi connectivity index (χ0n) is 36.0. The molecule has 0 aromatic heterocycles. The van der Waals surface area contributed by atoms with Crippen molar-refractivity contribution in [2.24, 2.45) is 0 Å². The average molecular weight is 969 g/mol. The second-order valence-electron chi connectivity index (χ2n) is 17.2. The number of nitrogens with zero attached hydrogens (tertiary/aromatic N) is 2. The van der Waals surface area contributed by atoms with Gasteiger partial charge in [0, 0.05) is 0 Å². The molecule has 64 heavy (non-hydrogen) atoms. The summed E-state index contributed by atoms with van der Waals surface area (Å²) in [6.45, 7) is 5.70. The molecule has 0 saturated heterocycles. The number of hydrogen-bond donors (Lipinski definition) is 0. The van der Waals surface area contributed by atoms with Gasteiger partial charge in [-0.1, -0.05) is 0 Å². The van der Waals surface area contributed by atoms with Crippen LogP contribution < -0.4 is 16.3 Å². The average Bonchev–Trinajstić information content (AvgIpc) is 4.01. The first-order valence-electron chi connectivity index (χ1n) is 22.0. The molecule has 10 rings (SSSR count). The fraction of sp³-hybridized carbons (Fsp3) is 0.103. The van der Waals surface area contributed by atoms with Crippen LogP contribution in [0.5, 0.6) is 0 Å². The van der Waals surface area contributed by atoms with Crippen LogP contribution in [0.2, 0.25) is 0 Å². The number of rotatable bonds is 14. The van der Waals surface area contributed by atoms with E-state index in [0.29, 0.717) is 0 Å². The molecule has 6 heteroatoms. The van der Waals surface area contributed by atoms with E-state index in [-0.39, 0.29) is 28.4 Å². The summed E-state index contributed by atoms with van der Waals surface area (Å²) in [5.74, 6) is 0. The summed E-state index contributed by atoms with van der Waals surface area (Å²) < 4.78 is 4.81. The zero-order valence-corrected chi connectivity index (χ0v) is 41.6. The maximum atomic E-state index is 2.60. The van der Waals surface area contributed by atoms with E-state index in [1.165, 1.54) is 62.4 Å². The van der Waals surface area contributed by atoms with E-state index in [2.05, 4.69) is 253 Å². The molecule has 0 unspecified atom stereocenters. The van der Waals surface area contributed by atoms with Gasteiger partial charge in [-0.3, -0.25) is 0 Å². The van der Waals surface area contributed by atoms with E-state index in [4.69, 9.17) is 0 Å². The molecule has 2 aliphatic rings. The molecular weight excluding hydrogens is 915 g/mol. The summed E-state index contributed by atoms with van der Waals surface area (Å²) in [4.78, 5) is 5.17. The molecule has 0 spiro atoms. The Hall–Kier alpha value is -5.48. The third-order valence-corrected chi connectivity index (χ3v) is 40.8. The Morgan fingerprint density at radius 1 is 0.422 bits per heavy atom. The summed E-state index contributed by atoms with van der Waals surface area (Å²) in [7, 11) is 0. The Bertz CT molecular complexity index is 2680. The Labute approximate surface area is 394 Å². The Kier molecular flexibility index (Phi) is 13.9. The topological polar surface area (TPSA) is 6.48 Å². The summed E-state index contributed by atoms with van der Waals surface area (Å²) in [5.41, 5.74) is 13.4. The van der Waals surface area contributed by atoms with Crippen LogP contribution in [0.4, 0.5) is 11.4 Å². The fourth-order valence-corrected chi connectivity index (χ4v) is 34.6. The number of allylic oxidation sites excluding steroid dienone is 4. The predicted octanol–water partition coefficient (Wildman–Crippen LogP) is 12.7. The minimum absolute atomic E-state index is 0. The van der Waals surface area contributed by atoms with Crippen molar-refractivity contribution >= 4 is 49.6 Å². The summed E-state index contributed by atoms with van der Waals surface area (Å²) in [6.07, 6.45) is 8.21. The molecule has 0 saturated carbocycles. The van der Waals surface area contributed by atoms with Gasteiger partial charge >= 0.3 is 373 Å². The number of hydrogen-bond acceptors (Lipinski definition) is 2. The van der Waals surface area contributed by atoms with E-state index < -0.39 is 17.4 Å². The molecule has 318 valence electrons. The monoisotopic (exact) mass is 966 g/mol. The van der Waals surface area contributed by atoms with E-state index in [1.54, 1.807) is 3.28 Å². The van der Waals surface area contributed by atoms with Crippen LogP contribution in [0.1, 0.15) is 43.4 Å². The van der Waals surface area contributed by atoms with Crippen molar-refractivity contribution in [1.29, 1.82) is 0 Å². The Morgan fingerprint density at radius 3 is 1.06 bits per heavy atom. The van der Waals surface area contributed by atoms with Crippen LogP contribution in [0.3, 0.4) is 0 Å². The van der Waals surface area contributed by atoms with Crippen molar-refractivity contribution in [2.75, 3.05) is 9.80 Å². The van der Waals surface area contributed by atoms with Crippen LogP contribution in [0.25, 0.3) is 11.1 Å². The van der Waals surface area contributed by atoms with Gasteiger partial charge in [-0.25, -0.2) is 0 Å². The van der Waals surface area contributed by atoms with E-state index >= 15 is 0 Å². The summed E-state index contributed by atoms with van der Waals surface area (Å²) in [5, 5.41) is 0. The van der Waals surface area contributed by atoms with Crippen molar-refractivity contribution in [2.45, 2.75) is 36.2 Å². The molecule has 0 fully saturated rings. The first-order chi connectivity index (χ1) is 30.6. The molecule has 2 aliphatic carbocycles. The summed E-state index contributed by atoms with van der Waals surface area (Å²) in [6, 6.07) is 82.2. The van der Waals surface area contributed by atoms with Crippen LogP contribution in [0, 0.1) is 0 Å². The number of halogens is 2. The Balaban J connectivity index is 0.00000280. The first kappa shape index (κ1) is 45.1. The third kappa shape index (κ3) is 8.46. The van der Waals surface area contributed by atoms with Gasteiger partial charge in [0.2, 0.25) is 0 Å². The molecule has 0 atom stereocenters. The second-order valence-corrected chi connectivity index (χ2v) is 39.3. The normalized spacial score (nSPS) is 12.9. The van der Waals surface area contributed by atoms with Crippen LogP contribution in [-0.2, 0) is 43.6 Å². The van der Waals surface area contributed by atoms with Gasteiger partial charge in [0.15, 0.2) is 0 Å². The standard InChI is InChI=1S/C41H35N2.2C6H5.C5H5.2ClH.H2Si.Zr/c1-5-13-32(14-6-1)28-42(29-33-15-7-2-8-16-33)38-21-23-40-36(26-38)25-37-27-39(22-24-41(37)40)43(30-34-17-9-3-10-18-34)31-35-19-11-4-12-20-35;2*1-2-4-6-5-3-1;1-2-4-5-3-1;;;;/h1-27H,28-31H2;2*1-5H;1-3H,4H2;2*1H;1H2;. The van der Waals surface area contributed by atoms with Crippen LogP contribution >= 0.6 is 24.8 Å². The van der Waals surface area contributed by atoms with Crippen molar-refractivity contribution in [3.63, 3.8) is 0 Å². The van der Waals surface area contributed by atoms with E-state index in [1.807, 2.05) is 0 Å². The number of benzene rings is 8. The van der Waals surface area contributed by atoms with Gasteiger partial charge in [0.25, 0.3) is 0 Å². The SMILES string of the molecule is Cl.Cl.[SiH2]=[Zr]([C]1=CC=CC1)([c]1ccccc1)([c]1ccccc1)[CH]1c2cc(N(Cc3ccccc3)Cc3ccccc3)ccc2-c2ccc(N(Cc3ccccc3)Cc3ccccc3)cc21. The molecule has 0 aliphatic heterocycles. The van der Waals surface area contributed by atoms with Crippen LogP contribution in [0.15, 0.2) is 240 Å². The summed E-state index contributed by atoms with van der Waals surface area (Å²) >= 11 is -4.77. The zero-order chi connectivity index (χ0) is 41.8. The molecule has 8 aromatic carbocycles. The second kappa shape index (κ2) is 19.7. The van der Waals surface area contributed by atoms with E-state index in [0.717, 1.165) is 32.6 Å². The minimum atomic E-state index is -4.77. The van der Waals surface area contributed by atoms with Gasteiger partial charge < -0.3 is 0 Å². The van der Waals surface area contributed by atoms with Crippen molar-refractivity contribution in [1.82, 2.24) is 0 Å². The molecule has 0 heterocycles. The molecule has 0 radical (unpaired) electrons. The fourth-order valence-electron chi connectivity index (χ4n) is 10.6. The first-order valence-corrected chi connectivity index (χ1v) is 33.0. The van der Waals surface area contributed by atoms with Gasteiger partial charge in [-0.15, -0.1) is 24.8 Å². The van der Waals surface area contributed by atoms with Crippen molar-refractivity contribution in [3.8, 4) is 11.1 Å².